The lowest BCUT2D eigenvalue weighted by molar-refractivity contribution is 0.0570. The Labute approximate surface area is 222 Å². The van der Waals surface area contributed by atoms with E-state index in [0.29, 0.717) is 24.8 Å². The summed E-state index contributed by atoms with van der Waals surface area (Å²) in [6.07, 6.45) is 1.01. The van der Waals surface area contributed by atoms with Crippen molar-refractivity contribution in [3.05, 3.63) is 48.0 Å². The molecule has 1 aromatic heterocycles. The molecule has 0 radical (unpaired) electrons. The molecule has 1 saturated carbocycles. The summed E-state index contributed by atoms with van der Waals surface area (Å²) in [5.74, 6) is 0. The van der Waals surface area contributed by atoms with E-state index in [-0.39, 0.29) is 5.69 Å². The molecular weight excluding hydrogens is 506 g/mol. The summed E-state index contributed by atoms with van der Waals surface area (Å²) in [5.41, 5.74) is 3.80. The van der Waals surface area contributed by atoms with E-state index < -0.39 is 21.9 Å². The van der Waals surface area contributed by atoms with Crippen molar-refractivity contribution in [2.45, 2.75) is 45.3 Å². The number of carbonyl (C=O) groups is 1. The van der Waals surface area contributed by atoms with Gasteiger partial charge in [-0.1, -0.05) is 12.1 Å². The standard InChI is InChI=1S/C27H31N5O5S/c1-27(2,3)37-26(33)30-38(34,35)29-19-6-4-18(5-7-19)25-23(17-28)22-11-10-21(31-12-14-36-15-13-31)16-24(22)32(25)20-8-9-20/h4-7,10-11,16,20,29H,8-9,12-15H2,1-3H3,(H,30,33). The number of fused-ring (bicyclic) bond motifs is 1. The minimum atomic E-state index is -4.19. The third kappa shape index (κ3) is 5.56. The second-order valence-corrected chi connectivity index (χ2v) is 11.9. The monoisotopic (exact) mass is 537 g/mol. The minimum Gasteiger partial charge on any atom is -0.443 e. The van der Waals surface area contributed by atoms with Gasteiger partial charge in [0.1, 0.15) is 11.7 Å². The van der Waals surface area contributed by atoms with Gasteiger partial charge in [-0.25, -0.2) is 9.52 Å². The van der Waals surface area contributed by atoms with Crippen molar-refractivity contribution < 1.29 is 22.7 Å². The van der Waals surface area contributed by atoms with E-state index in [1.54, 1.807) is 45.0 Å². The van der Waals surface area contributed by atoms with Gasteiger partial charge in [0.05, 0.1) is 35.7 Å². The molecule has 2 fully saturated rings. The molecule has 2 aliphatic rings. The maximum absolute atomic E-state index is 12.4. The Balaban J connectivity index is 1.45. The molecule has 1 amide bonds. The molecule has 11 heteroatoms. The van der Waals surface area contributed by atoms with E-state index in [4.69, 9.17) is 9.47 Å². The van der Waals surface area contributed by atoms with Gasteiger partial charge in [-0.15, -0.1) is 0 Å². The first-order valence-electron chi connectivity index (χ1n) is 12.6. The fourth-order valence-electron chi connectivity index (χ4n) is 4.71. The maximum atomic E-state index is 12.4. The molecule has 0 spiro atoms. The van der Waals surface area contributed by atoms with Crippen molar-refractivity contribution in [1.82, 2.24) is 9.29 Å². The van der Waals surface area contributed by atoms with Gasteiger partial charge in [0.2, 0.25) is 0 Å². The number of carbonyl (C=O) groups excluding carboxylic acids is 1. The Morgan fingerprint density at radius 1 is 1.11 bits per heavy atom. The molecule has 1 saturated heterocycles. The van der Waals surface area contributed by atoms with Crippen LogP contribution >= 0.6 is 0 Å². The molecule has 0 unspecified atom stereocenters. The highest BCUT2D eigenvalue weighted by molar-refractivity contribution is 7.91. The zero-order chi connectivity index (χ0) is 27.1. The Morgan fingerprint density at radius 2 is 1.79 bits per heavy atom. The van der Waals surface area contributed by atoms with Crippen LogP contribution in [0.25, 0.3) is 22.2 Å². The number of aromatic nitrogens is 1. The molecule has 1 aliphatic carbocycles. The van der Waals surface area contributed by atoms with Gasteiger partial charge in [0, 0.05) is 30.2 Å². The number of anilines is 2. The van der Waals surface area contributed by atoms with Crippen LogP contribution in [0.15, 0.2) is 42.5 Å². The molecular formula is C27H31N5O5S. The second-order valence-electron chi connectivity index (χ2n) is 10.5. The molecule has 0 atom stereocenters. The number of benzene rings is 2. The molecule has 2 heterocycles. The largest absolute Gasteiger partial charge is 0.443 e. The first-order valence-corrected chi connectivity index (χ1v) is 14.1. The fraction of sp³-hybridized carbons (Fsp3) is 0.407. The van der Waals surface area contributed by atoms with Crippen LogP contribution in [-0.4, -0.2) is 51.0 Å². The molecule has 1 aliphatic heterocycles. The zero-order valence-electron chi connectivity index (χ0n) is 21.7. The quantitative estimate of drug-likeness (QED) is 0.473. The van der Waals surface area contributed by atoms with E-state index in [1.807, 2.05) is 10.8 Å². The topological polar surface area (TPSA) is 126 Å². The fourth-order valence-corrected chi connectivity index (χ4v) is 5.47. The lowest BCUT2D eigenvalue weighted by Gasteiger charge is -2.29. The number of nitriles is 1. The van der Waals surface area contributed by atoms with Crippen LogP contribution in [0.5, 0.6) is 0 Å². The average molecular weight is 538 g/mol. The van der Waals surface area contributed by atoms with Crippen LogP contribution in [0.4, 0.5) is 16.2 Å². The van der Waals surface area contributed by atoms with Crippen LogP contribution in [0.3, 0.4) is 0 Å². The van der Waals surface area contributed by atoms with E-state index in [0.717, 1.165) is 53.8 Å². The van der Waals surface area contributed by atoms with Gasteiger partial charge in [-0.05, 0) is 69.5 Å². The number of ether oxygens (including phenoxy) is 2. The lowest BCUT2D eigenvalue weighted by Crippen LogP contribution is -2.39. The van der Waals surface area contributed by atoms with Crippen molar-refractivity contribution in [2.24, 2.45) is 0 Å². The predicted molar refractivity (Wildman–Crippen MR) is 145 cm³/mol. The SMILES string of the molecule is CC(C)(C)OC(=O)NS(=O)(=O)Nc1ccc(-c2c(C#N)c3ccc(N4CCOCC4)cc3n2C2CC2)cc1. The summed E-state index contributed by atoms with van der Waals surface area (Å²) < 4.78 is 41.8. The molecule has 2 aromatic carbocycles. The van der Waals surface area contributed by atoms with Gasteiger partial charge >= 0.3 is 16.3 Å². The summed E-state index contributed by atoms with van der Waals surface area (Å²) >= 11 is 0. The Hall–Kier alpha value is -3.75. The normalized spacial score (nSPS) is 16.2. The summed E-state index contributed by atoms with van der Waals surface area (Å²) in [7, 11) is -4.19. The molecule has 2 N–H and O–H groups in total. The van der Waals surface area contributed by atoms with Gasteiger partial charge in [0.25, 0.3) is 0 Å². The van der Waals surface area contributed by atoms with Crippen molar-refractivity contribution in [2.75, 3.05) is 35.9 Å². The van der Waals surface area contributed by atoms with E-state index in [9.17, 15) is 18.5 Å². The summed E-state index contributed by atoms with van der Waals surface area (Å²) in [4.78, 5) is 14.2. The number of morpholine rings is 1. The van der Waals surface area contributed by atoms with Crippen LogP contribution < -0.4 is 14.3 Å². The van der Waals surface area contributed by atoms with Gasteiger partial charge in [-0.2, -0.15) is 13.7 Å². The van der Waals surface area contributed by atoms with Crippen LogP contribution in [0.2, 0.25) is 0 Å². The molecule has 10 nitrogen and oxygen atoms in total. The average Bonchev–Trinajstić information content (AvgIpc) is 3.64. The molecule has 0 bridgehead atoms. The molecule has 38 heavy (non-hydrogen) atoms. The van der Waals surface area contributed by atoms with E-state index in [1.165, 1.54) is 0 Å². The van der Waals surface area contributed by atoms with Gasteiger partial charge < -0.3 is 18.9 Å². The highest BCUT2D eigenvalue weighted by Crippen LogP contribution is 2.45. The van der Waals surface area contributed by atoms with Crippen LogP contribution in [-0.2, 0) is 19.7 Å². The van der Waals surface area contributed by atoms with Gasteiger partial charge in [-0.3, -0.25) is 4.72 Å². The number of nitrogens with one attached hydrogen (secondary N) is 2. The van der Waals surface area contributed by atoms with Crippen LogP contribution in [0, 0.1) is 11.3 Å². The Morgan fingerprint density at radius 3 is 2.39 bits per heavy atom. The first-order chi connectivity index (χ1) is 18.0. The second kappa shape index (κ2) is 9.85. The highest BCUT2D eigenvalue weighted by atomic mass is 32.2. The maximum Gasteiger partial charge on any atom is 0.422 e. The number of hydrogen-bond donors (Lipinski definition) is 2. The van der Waals surface area contributed by atoms with E-state index in [2.05, 4.69) is 32.4 Å². The van der Waals surface area contributed by atoms with E-state index >= 15 is 0 Å². The lowest BCUT2D eigenvalue weighted by atomic mass is 10.1. The molecule has 3 aromatic rings. The number of rotatable bonds is 6. The van der Waals surface area contributed by atoms with Crippen molar-refractivity contribution in [3.8, 4) is 17.3 Å². The number of hydrogen-bond acceptors (Lipinski definition) is 7. The smallest absolute Gasteiger partial charge is 0.422 e. The summed E-state index contributed by atoms with van der Waals surface area (Å²) in [6.45, 7) is 7.97. The molecule has 5 rings (SSSR count). The number of nitrogens with zero attached hydrogens (tertiary/aromatic N) is 3. The zero-order valence-corrected chi connectivity index (χ0v) is 22.5. The minimum absolute atomic E-state index is 0.270. The third-order valence-electron chi connectivity index (χ3n) is 6.42. The van der Waals surface area contributed by atoms with Crippen molar-refractivity contribution >= 4 is 38.6 Å². The Bertz CT molecular complexity index is 1510. The highest BCUT2D eigenvalue weighted by Gasteiger charge is 2.31. The van der Waals surface area contributed by atoms with Crippen molar-refractivity contribution in [3.63, 3.8) is 0 Å². The van der Waals surface area contributed by atoms with Crippen LogP contribution in [0.1, 0.15) is 45.2 Å². The van der Waals surface area contributed by atoms with Gasteiger partial charge in [0.15, 0.2) is 0 Å². The predicted octanol–water partition coefficient (Wildman–Crippen LogP) is 4.53. The third-order valence-corrected chi connectivity index (χ3v) is 7.35. The Kier molecular flexibility index (Phi) is 6.71. The molecule has 200 valence electrons. The summed E-state index contributed by atoms with van der Waals surface area (Å²) in [6, 6.07) is 15.7. The van der Waals surface area contributed by atoms with Crippen molar-refractivity contribution in [1.29, 1.82) is 5.26 Å². The summed E-state index contributed by atoms with van der Waals surface area (Å²) in [5, 5.41) is 11.0. The number of amides is 1. The first kappa shape index (κ1) is 25.9.